The van der Waals surface area contributed by atoms with E-state index in [-0.39, 0.29) is 0 Å². The Kier molecular flexibility index (Phi) is 4.06. The van der Waals surface area contributed by atoms with Crippen molar-refractivity contribution in [2.45, 2.75) is 52.6 Å². The van der Waals surface area contributed by atoms with E-state index in [0.29, 0.717) is 6.04 Å². The zero-order valence-electron chi connectivity index (χ0n) is 17.6. The van der Waals surface area contributed by atoms with Gasteiger partial charge in [0, 0.05) is 12.6 Å². The van der Waals surface area contributed by atoms with Gasteiger partial charge in [-0.25, -0.2) is 0 Å². The minimum Gasteiger partial charge on any atom is -0.496 e. The van der Waals surface area contributed by atoms with E-state index in [9.17, 15) is 0 Å². The van der Waals surface area contributed by atoms with Crippen LogP contribution in [0.4, 0.5) is 0 Å². The van der Waals surface area contributed by atoms with Gasteiger partial charge < -0.3 is 9.47 Å². The Labute approximate surface area is 167 Å². The van der Waals surface area contributed by atoms with Gasteiger partial charge >= 0.3 is 0 Å². The SMILES string of the molecule is COc1cc2c3c(c4cc(OC)c(C)c(C)c4c2cc1C)CC1CCCN1C3. The van der Waals surface area contributed by atoms with Crippen molar-refractivity contribution >= 4 is 21.5 Å². The zero-order chi connectivity index (χ0) is 19.6. The highest BCUT2D eigenvalue weighted by atomic mass is 16.5. The van der Waals surface area contributed by atoms with Crippen molar-refractivity contribution in [2.75, 3.05) is 20.8 Å². The Bertz CT molecular complexity index is 1120. The summed E-state index contributed by atoms with van der Waals surface area (Å²) in [5.41, 5.74) is 6.78. The van der Waals surface area contributed by atoms with E-state index in [0.717, 1.165) is 24.5 Å². The molecule has 28 heavy (non-hydrogen) atoms. The van der Waals surface area contributed by atoms with E-state index < -0.39 is 0 Å². The number of fused-ring (bicyclic) bond motifs is 7. The van der Waals surface area contributed by atoms with Gasteiger partial charge in [0.05, 0.1) is 14.2 Å². The van der Waals surface area contributed by atoms with Crippen molar-refractivity contribution in [3.8, 4) is 11.5 Å². The molecule has 0 N–H and O–H groups in total. The summed E-state index contributed by atoms with van der Waals surface area (Å²) in [6.45, 7) is 8.84. The quantitative estimate of drug-likeness (QED) is 0.556. The van der Waals surface area contributed by atoms with Crippen LogP contribution in [0.25, 0.3) is 21.5 Å². The van der Waals surface area contributed by atoms with E-state index in [1.807, 2.05) is 0 Å². The van der Waals surface area contributed by atoms with E-state index in [1.54, 1.807) is 14.2 Å². The van der Waals surface area contributed by atoms with Gasteiger partial charge in [0.25, 0.3) is 0 Å². The predicted molar refractivity (Wildman–Crippen MR) is 116 cm³/mol. The second kappa shape index (κ2) is 6.38. The zero-order valence-corrected chi connectivity index (χ0v) is 17.6. The molecule has 0 spiro atoms. The molecule has 0 radical (unpaired) electrons. The topological polar surface area (TPSA) is 21.7 Å². The molecule has 3 aromatic rings. The van der Waals surface area contributed by atoms with Gasteiger partial charge in [-0.2, -0.15) is 0 Å². The van der Waals surface area contributed by atoms with E-state index in [4.69, 9.17) is 9.47 Å². The molecule has 3 heteroatoms. The first-order chi connectivity index (χ1) is 13.5. The number of nitrogens with zero attached hydrogens (tertiary/aromatic N) is 1. The average molecular weight is 376 g/mol. The molecule has 146 valence electrons. The number of aryl methyl sites for hydroxylation is 2. The van der Waals surface area contributed by atoms with E-state index >= 15 is 0 Å². The highest BCUT2D eigenvalue weighted by Crippen LogP contribution is 2.44. The Morgan fingerprint density at radius 3 is 2.36 bits per heavy atom. The molecule has 1 unspecified atom stereocenters. The lowest BCUT2D eigenvalue weighted by Crippen LogP contribution is -2.35. The van der Waals surface area contributed by atoms with Crippen LogP contribution >= 0.6 is 0 Å². The molecule has 1 saturated heterocycles. The fraction of sp³-hybridized carbons (Fsp3) is 0.440. The van der Waals surface area contributed by atoms with Crippen molar-refractivity contribution in [2.24, 2.45) is 0 Å². The minimum atomic E-state index is 0.688. The van der Waals surface area contributed by atoms with Gasteiger partial charge in [-0.05, 0) is 114 Å². The molecule has 0 amide bonds. The van der Waals surface area contributed by atoms with Crippen molar-refractivity contribution in [1.82, 2.24) is 4.90 Å². The van der Waals surface area contributed by atoms with Crippen LogP contribution in [0.3, 0.4) is 0 Å². The molecule has 0 aromatic heterocycles. The maximum Gasteiger partial charge on any atom is 0.122 e. The van der Waals surface area contributed by atoms with Gasteiger partial charge in [-0.1, -0.05) is 0 Å². The number of methoxy groups -OCH3 is 2. The van der Waals surface area contributed by atoms with Gasteiger partial charge in [-0.3, -0.25) is 4.90 Å². The second-order valence-corrected chi connectivity index (χ2v) is 8.55. The van der Waals surface area contributed by atoms with Crippen LogP contribution < -0.4 is 9.47 Å². The Balaban J connectivity index is 1.95. The molecular weight excluding hydrogens is 346 g/mol. The lowest BCUT2D eigenvalue weighted by Gasteiger charge is -2.34. The fourth-order valence-corrected chi connectivity index (χ4v) is 5.56. The molecule has 0 bridgehead atoms. The van der Waals surface area contributed by atoms with Crippen molar-refractivity contribution < 1.29 is 9.47 Å². The molecule has 5 rings (SSSR count). The summed E-state index contributed by atoms with van der Waals surface area (Å²) < 4.78 is 11.5. The lowest BCUT2D eigenvalue weighted by molar-refractivity contribution is 0.229. The van der Waals surface area contributed by atoms with Crippen LogP contribution in [-0.4, -0.2) is 31.7 Å². The van der Waals surface area contributed by atoms with Crippen molar-refractivity contribution in [3.63, 3.8) is 0 Å². The molecule has 3 nitrogen and oxygen atoms in total. The molecule has 2 heterocycles. The van der Waals surface area contributed by atoms with Crippen LogP contribution in [0.1, 0.15) is 40.7 Å². The summed E-state index contributed by atoms with van der Waals surface area (Å²) >= 11 is 0. The third-order valence-electron chi connectivity index (χ3n) is 7.19. The highest BCUT2D eigenvalue weighted by Gasteiger charge is 2.33. The second-order valence-electron chi connectivity index (χ2n) is 8.55. The Morgan fingerprint density at radius 1 is 0.857 bits per heavy atom. The maximum atomic E-state index is 5.75. The predicted octanol–water partition coefficient (Wildman–Crippen LogP) is 5.46. The lowest BCUT2D eigenvalue weighted by atomic mass is 9.82. The fourth-order valence-electron chi connectivity index (χ4n) is 5.56. The Morgan fingerprint density at radius 2 is 1.61 bits per heavy atom. The van der Waals surface area contributed by atoms with Gasteiger partial charge in [0.1, 0.15) is 11.5 Å². The molecule has 2 aliphatic heterocycles. The van der Waals surface area contributed by atoms with Crippen LogP contribution in [0.2, 0.25) is 0 Å². The first kappa shape index (κ1) is 17.8. The Hall–Kier alpha value is -2.26. The minimum absolute atomic E-state index is 0.688. The summed E-state index contributed by atoms with van der Waals surface area (Å²) in [7, 11) is 3.56. The smallest absolute Gasteiger partial charge is 0.122 e. The van der Waals surface area contributed by atoms with Crippen molar-refractivity contribution in [1.29, 1.82) is 0 Å². The monoisotopic (exact) mass is 375 g/mol. The van der Waals surface area contributed by atoms with Crippen LogP contribution in [0, 0.1) is 20.8 Å². The molecule has 1 fully saturated rings. The molecule has 3 aromatic carbocycles. The van der Waals surface area contributed by atoms with Crippen molar-refractivity contribution in [3.05, 3.63) is 46.0 Å². The summed E-state index contributed by atoms with van der Waals surface area (Å²) in [5.74, 6) is 1.99. The van der Waals surface area contributed by atoms with E-state index in [1.165, 1.54) is 68.7 Å². The molecule has 1 atom stereocenters. The van der Waals surface area contributed by atoms with E-state index in [2.05, 4.69) is 43.9 Å². The van der Waals surface area contributed by atoms with Gasteiger partial charge in [-0.15, -0.1) is 0 Å². The third kappa shape index (κ3) is 2.39. The molecule has 0 saturated carbocycles. The molecule has 0 aliphatic carbocycles. The van der Waals surface area contributed by atoms with Crippen LogP contribution in [0.15, 0.2) is 18.2 Å². The number of ether oxygens (including phenoxy) is 2. The first-order valence-corrected chi connectivity index (χ1v) is 10.4. The standard InChI is InChI=1S/C25H29NO2/c1-14-9-20-19(11-23(14)27-4)22-13-26-8-6-7-17(26)10-18(22)21-12-24(28-5)15(2)16(3)25(20)21/h9,11-12,17H,6-8,10,13H2,1-5H3. The van der Waals surface area contributed by atoms with Crippen LogP contribution in [0.5, 0.6) is 11.5 Å². The third-order valence-corrected chi connectivity index (χ3v) is 7.19. The summed E-state index contributed by atoms with van der Waals surface area (Å²) in [5, 5.41) is 5.50. The number of hydrogen-bond acceptors (Lipinski definition) is 3. The summed E-state index contributed by atoms with van der Waals surface area (Å²) in [6.07, 6.45) is 3.78. The van der Waals surface area contributed by atoms with Gasteiger partial charge in [0.15, 0.2) is 0 Å². The largest absolute Gasteiger partial charge is 0.496 e. The van der Waals surface area contributed by atoms with Crippen LogP contribution in [-0.2, 0) is 13.0 Å². The normalized spacial score (nSPS) is 19.1. The van der Waals surface area contributed by atoms with Gasteiger partial charge in [0.2, 0.25) is 0 Å². The number of rotatable bonds is 2. The molecule has 2 aliphatic rings. The number of benzene rings is 3. The summed E-state index contributed by atoms with van der Waals surface area (Å²) in [4.78, 5) is 2.68. The average Bonchev–Trinajstić information content (AvgIpc) is 3.16. The summed E-state index contributed by atoms with van der Waals surface area (Å²) in [6, 6.07) is 7.58. The first-order valence-electron chi connectivity index (χ1n) is 10.4. The number of hydrogen-bond donors (Lipinski definition) is 0. The highest BCUT2D eigenvalue weighted by molar-refractivity contribution is 6.13. The maximum absolute atomic E-state index is 5.75. The molecular formula is C25H29NO2.